The maximum atomic E-state index is 13.0. The van der Waals surface area contributed by atoms with Crippen LogP contribution in [0.3, 0.4) is 0 Å². The zero-order valence-corrected chi connectivity index (χ0v) is 16.7. The maximum absolute atomic E-state index is 13.0. The normalized spacial score (nSPS) is 22.2. The summed E-state index contributed by atoms with van der Waals surface area (Å²) in [4.78, 5) is 38.1. The van der Waals surface area contributed by atoms with E-state index in [1.165, 1.54) is 18.4 Å². The minimum Gasteiger partial charge on any atom is -0.481 e. The molecule has 0 saturated carbocycles. The number of aliphatic carboxylic acids is 1. The SMILES string of the molecule is COC(=O)c1c(NC(=O)[C@H]2CC(C)=C(C)C[C@H]2C(=O)O)sc2c1CCCC2. The molecule has 2 N–H and O–H groups in total. The van der Waals surface area contributed by atoms with Crippen molar-refractivity contribution in [2.45, 2.75) is 52.4 Å². The van der Waals surface area contributed by atoms with Crippen LogP contribution in [0.4, 0.5) is 5.00 Å². The van der Waals surface area contributed by atoms with E-state index in [2.05, 4.69) is 5.32 Å². The van der Waals surface area contributed by atoms with Gasteiger partial charge in [0.2, 0.25) is 5.91 Å². The van der Waals surface area contributed by atoms with Gasteiger partial charge >= 0.3 is 11.9 Å². The molecule has 1 aromatic heterocycles. The number of fused-ring (bicyclic) bond motifs is 1. The van der Waals surface area contributed by atoms with E-state index in [0.29, 0.717) is 23.4 Å². The zero-order valence-electron chi connectivity index (χ0n) is 15.9. The lowest BCUT2D eigenvalue weighted by atomic mass is 9.76. The molecule has 0 aliphatic heterocycles. The van der Waals surface area contributed by atoms with Crippen LogP contribution >= 0.6 is 11.3 Å². The van der Waals surface area contributed by atoms with Crippen molar-refractivity contribution < 1.29 is 24.2 Å². The molecule has 146 valence electrons. The second-order valence-electron chi connectivity index (χ2n) is 7.42. The fraction of sp³-hybridized carbons (Fsp3) is 0.550. The third-order valence-electron chi connectivity index (χ3n) is 5.72. The lowest BCUT2D eigenvalue weighted by Crippen LogP contribution is -2.36. The number of allylic oxidation sites excluding steroid dienone is 2. The molecule has 6 nitrogen and oxygen atoms in total. The van der Waals surface area contributed by atoms with Crippen molar-refractivity contribution in [3.8, 4) is 0 Å². The Bertz CT molecular complexity index is 823. The molecule has 0 spiro atoms. The molecule has 0 unspecified atom stereocenters. The first-order chi connectivity index (χ1) is 12.8. The van der Waals surface area contributed by atoms with E-state index in [1.807, 2.05) is 13.8 Å². The van der Waals surface area contributed by atoms with Crippen molar-refractivity contribution >= 4 is 34.2 Å². The molecular formula is C20H25NO5S. The summed E-state index contributed by atoms with van der Waals surface area (Å²) in [5, 5.41) is 12.9. The molecular weight excluding hydrogens is 366 g/mol. The monoisotopic (exact) mass is 391 g/mol. The summed E-state index contributed by atoms with van der Waals surface area (Å²) >= 11 is 1.42. The number of carbonyl (C=O) groups excluding carboxylic acids is 2. The van der Waals surface area contributed by atoms with Crippen molar-refractivity contribution in [2.24, 2.45) is 11.8 Å². The fourth-order valence-electron chi connectivity index (χ4n) is 4.00. The molecule has 1 aromatic rings. The van der Waals surface area contributed by atoms with Crippen LogP contribution in [-0.4, -0.2) is 30.1 Å². The molecule has 0 saturated heterocycles. The highest BCUT2D eigenvalue weighted by molar-refractivity contribution is 7.17. The molecule has 0 aromatic carbocycles. The Morgan fingerprint density at radius 2 is 1.70 bits per heavy atom. The van der Waals surface area contributed by atoms with Crippen LogP contribution < -0.4 is 5.32 Å². The van der Waals surface area contributed by atoms with Crippen LogP contribution in [0.15, 0.2) is 11.1 Å². The Kier molecular flexibility index (Phi) is 5.69. The van der Waals surface area contributed by atoms with E-state index in [4.69, 9.17) is 4.74 Å². The molecule has 2 aliphatic rings. The van der Waals surface area contributed by atoms with Gasteiger partial charge in [0.25, 0.3) is 0 Å². The third-order valence-corrected chi connectivity index (χ3v) is 6.93. The van der Waals surface area contributed by atoms with Gasteiger partial charge in [0, 0.05) is 4.88 Å². The number of nitrogens with one attached hydrogen (secondary N) is 1. The van der Waals surface area contributed by atoms with Gasteiger partial charge in [0.05, 0.1) is 24.5 Å². The first kappa shape index (κ1) is 19.6. The molecule has 2 aliphatic carbocycles. The van der Waals surface area contributed by atoms with Crippen molar-refractivity contribution in [1.82, 2.24) is 0 Å². The van der Waals surface area contributed by atoms with Crippen LogP contribution in [0.2, 0.25) is 0 Å². The summed E-state index contributed by atoms with van der Waals surface area (Å²) in [6, 6.07) is 0. The second kappa shape index (κ2) is 7.84. The predicted octanol–water partition coefficient (Wildman–Crippen LogP) is 3.80. The number of carboxylic acid groups (broad SMARTS) is 1. The molecule has 7 heteroatoms. The van der Waals surface area contributed by atoms with Crippen LogP contribution in [0, 0.1) is 11.8 Å². The van der Waals surface area contributed by atoms with Gasteiger partial charge < -0.3 is 15.2 Å². The standard InChI is InChI=1S/C20H25NO5S/c1-10-8-13(14(19(23)24)9-11(10)2)17(22)21-18-16(20(25)26-3)12-6-4-5-7-15(12)27-18/h13-14H,4-9H2,1-3H3,(H,21,22)(H,23,24)/t13-,14+/m0/s1. The van der Waals surface area contributed by atoms with E-state index in [-0.39, 0.29) is 5.91 Å². The number of hydrogen-bond donors (Lipinski definition) is 2. The lowest BCUT2D eigenvalue weighted by molar-refractivity contribution is -0.146. The molecule has 1 heterocycles. The van der Waals surface area contributed by atoms with Crippen LogP contribution in [-0.2, 0) is 27.2 Å². The Labute approximate surface area is 162 Å². The lowest BCUT2D eigenvalue weighted by Gasteiger charge is -2.29. The number of esters is 1. The van der Waals surface area contributed by atoms with Crippen molar-refractivity contribution in [3.63, 3.8) is 0 Å². The highest BCUT2D eigenvalue weighted by atomic mass is 32.1. The van der Waals surface area contributed by atoms with E-state index in [9.17, 15) is 19.5 Å². The number of aryl methyl sites for hydroxylation is 1. The third kappa shape index (κ3) is 3.78. The van der Waals surface area contributed by atoms with Gasteiger partial charge in [-0.2, -0.15) is 0 Å². The van der Waals surface area contributed by atoms with Gasteiger partial charge in [0.1, 0.15) is 5.00 Å². The summed E-state index contributed by atoms with van der Waals surface area (Å²) in [6.07, 6.45) is 4.57. The molecule has 0 bridgehead atoms. The average molecular weight is 391 g/mol. The molecule has 2 atom stereocenters. The first-order valence-electron chi connectivity index (χ1n) is 9.25. The summed E-state index contributed by atoms with van der Waals surface area (Å²) in [5.41, 5.74) is 3.51. The molecule has 3 rings (SSSR count). The largest absolute Gasteiger partial charge is 0.481 e. The number of carbonyl (C=O) groups is 3. The van der Waals surface area contributed by atoms with Crippen molar-refractivity contribution in [3.05, 3.63) is 27.2 Å². The number of methoxy groups -OCH3 is 1. The maximum Gasteiger partial charge on any atom is 0.341 e. The predicted molar refractivity (Wildman–Crippen MR) is 103 cm³/mol. The van der Waals surface area contributed by atoms with Gasteiger partial charge in [-0.3, -0.25) is 9.59 Å². The van der Waals surface area contributed by atoms with Crippen LogP contribution in [0.5, 0.6) is 0 Å². The summed E-state index contributed by atoms with van der Waals surface area (Å²) in [6.45, 7) is 3.86. The van der Waals surface area contributed by atoms with Crippen LogP contribution in [0.25, 0.3) is 0 Å². The van der Waals surface area contributed by atoms with Gasteiger partial charge in [-0.25, -0.2) is 4.79 Å². The Morgan fingerprint density at radius 1 is 1.07 bits per heavy atom. The smallest absolute Gasteiger partial charge is 0.341 e. The highest BCUT2D eigenvalue weighted by Crippen LogP contribution is 2.40. The number of anilines is 1. The van der Waals surface area contributed by atoms with Crippen molar-refractivity contribution in [1.29, 1.82) is 0 Å². The van der Waals surface area contributed by atoms with Gasteiger partial charge in [0.15, 0.2) is 0 Å². The zero-order chi connectivity index (χ0) is 19.7. The minimum absolute atomic E-state index is 0.335. The number of ether oxygens (including phenoxy) is 1. The summed E-state index contributed by atoms with van der Waals surface area (Å²) in [7, 11) is 1.33. The van der Waals surface area contributed by atoms with Gasteiger partial charge in [-0.15, -0.1) is 11.3 Å². The molecule has 1 amide bonds. The topological polar surface area (TPSA) is 92.7 Å². The van der Waals surface area contributed by atoms with E-state index < -0.39 is 23.8 Å². The Hall–Kier alpha value is -2.15. The fourth-order valence-corrected chi connectivity index (χ4v) is 5.28. The Balaban J connectivity index is 1.90. The van der Waals surface area contributed by atoms with E-state index in [0.717, 1.165) is 47.3 Å². The first-order valence-corrected chi connectivity index (χ1v) is 10.1. The average Bonchev–Trinajstić information content (AvgIpc) is 3.00. The number of thiophene rings is 1. The number of rotatable bonds is 4. The Morgan fingerprint density at radius 3 is 2.33 bits per heavy atom. The van der Waals surface area contributed by atoms with Gasteiger partial charge in [-0.1, -0.05) is 11.1 Å². The summed E-state index contributed by atoms with van der Waals surface area (Å²) in [5.74, 6) is -3.13. The molecule has 0 fully saturated rings. The minimum atomic E-state index is -0.958. The number of amides is 1. The molecule has 27 heavy (non-hydrogen) atoms. The molecule has 0 radical (unpaired) electrons. The second-order valence-corrected chi connectivity index (χ2v) is 8.52. The van der Waals surface area contributed by atoms with Crippen molar-refractivity contribution in [2.75, 3.05) is 12.4 Å². The van der Waals surface area contributed by atoms with E-state index in [1.54, 1.807) is 0 Å². The number of carboxylic acids is 1. The highest BCUT2D eigenvalue weighted by Gasteiger charge is 2.38. The van der Waals surface area contributed by atoms with E-state index >= 15 is 0 Å². The summed E-state index contributed by atoms with van der Waals surface area (Å²) < 4.78 is 4.93. The van der Waals surface area contributed by atoms with Gasteiger partial charge in [-0.05, 0) is 57.9 Å². The quantitative estimate of drug-likeness (QED) is 0.602. The number of hydrogen-bond acceptors (Lipinski definition) is 5. The van der Waals surface area contributed by atoms with Crippen LogP contribution in [0.1, 0.15) is 60.3 Å².